The molecule has 12 heavy (non-hydrogen) atoms. The molecule has 0 bridgehead atoms. The van der Waals surface area contributed by atoms with Crippen molar-refractivity contribution in [3.8, 4) is 0 Å². The Morgan fingerprint density at radius 1 is 1.17 bits per heavy atom. The van der Waals surface area contributed by atoms with Gasteiger partial charge in [0, 0.05) is 24.9 Å². The van der Waals surface area contributed by atoms with Crippen LogP contribution in [0.4, 0.5) is 0 Å². The molecule has 0 radical (unpaired) electrons. The molecule has 1 aromatic heterocycles. The summed E-state index contributed by atoms with van der Waals surface area (Å²) in [5.74, 6) is 3.38. The number of aromatic nitrogens is 3. The van der Waals surface area contributed by atoms with Crippen molar-refractivity contribution < 1.29 is 0 Å². The molecule has 1 aliphatic heterocycles. The predicted molar refractivity (Wildman–Crippen MR) is 44.0 cm³/mol. The van der Waals surface area contributed by atoms with Crippen molar-refractivity contribution >= 4 is 0 Å². The van der Waals surface area contributed by atoms with Crippen molar-refractivity contribution in [3.05, 3.63) is 11.6 Å². The van der Waals surface area contributed by atoms with Crippen LogP contribution in [0.15, 0.2) is 0 Å². The molecule has 0 spiro atoms. The van der Waals surface area contributed by atoms with Crippen molar-refractivity contribution in [1.29, 1.82) is 0 Å². The Balaban J connectivity index is 1.81. The summed E-state index contributed by atoms with van der Waals surface area (Å²) in [7, 11) is 0. The first-order chi connectivity index (χ1) is 5.93. The summed E-state index contributed by atoms with van der Waals surface area (Å²) in [5.41, 5.74) is 0. The van der Waals surface area contributed by atoms with Gasteiger partial charge in [-0.15, -0.1) is 0 Å². The number of rotatable bonds is 2. The SMILES string of the molecule is C1NCC1c1n[nH]c(C2CC2)n1. The van der Waals surface area contributed by atoms with Gasteiger partial charge in [0.1, 0.15) is 5.82 Å². The second kappa shape index (κ2) is 2.29. The highest BCUT2D eigenvalue weighted by atomic mass is 15.2. The maximum Gasteiger partial charge on any atom is 0.156 e. The molecule has 1 aromatic rings. The summed E-state index contributed by atoms with van der Waals surface area (Å²) in [6.07, 6.45) is 2.58. The molecule has 1 saturated heterocycles. The molecule has 0 atom stereocenters. The molecule has 1 saturated carbocycles. The first-order valence-corrected chi connectivity index (χ1v) is 4.56. The minimum atomic E-state index is 0.564. The molecule has 3 rings (SSSR count). The summed E-state index contributed by atoms with van der Waals surface area (Å²) in [5, 5.41) is 10.5. The Morgan fingerprint density at radius 3 is 2.58 bits per heavy atom. The van der Waals surface area contributed by atoms with Crippen molar-refractivity contribution in [1.82, 2.24) is 20.5 Å². The molecule has 2 aliphatic rings. The van der Waals surface area contributed by atoms with Gasteiger partial charge in [-0.25, -0.2) is 4.98 Å². The molecule has 0 aromatic carbocycles. The van der Waals surface area contributed by atoms with E-state index in [1.807, 2.05) is 0 Å². The summed E-state index contributed by atoms with van der Waals surface area (Å²) in [6, 6.07) is 0. The van der Waals surface area contributed by atoms with Gasteiger partial charge in [0.2, 0.25) is 0 Å². The maximum atomic E-state index is 4.49. The third-order valence-electron chi connectivity index (χ3n) is 2.63. The second-order valence-corrected chi connectivity index (χ2v) is 3.71. The van der Waals surface area contributed by atoms with Crippen LogP contribution in [-0.4, -0.2) is 28.3 Å². The fraction of sp³-hybridized carbons (Fsp3) is 0.750. The van der Waals surface area contributed by atoms with Crippen LogP contribution in [-0.2, 0) is 0 Å². The van der Waals surface area contributed by atoms with Gasteiger partial charge >= 0.3 is 0 Å². The molecule has 2 heterocycles. The molecule has 2 N–H and O–H groups in total. The number of hydrogen-bond donors (Lipinski definition) is 2. The average Bonchev–Trinajstić information content (AvgIpc) is 2.70. The lowest BCUT2D eigenvalue weighted by Gasteiger charge is -2.23. The van der Waals surface area contributed by atoms with E-state index in [4.69, 9.17) is 0 Å². The van der Waals surface area contributed by atoms with Gasteiger partial charge in [0.25, 0.3) is 0 Å². The topological polar surface area (TPSA) is 53.6 Å². The molecule has 0 amide bonds. The highest BCUT2D eigenvalue weighted by Crippen LogP contribution is 2.38. The molecular weight excluding hydrogens is 152 g/mol. The first kappa shape index (κ1) is 6.60. The molecule has 64 valence electrons. The summed E-state index contributed by atoms with van der Waals surface area (Å²) < 4.78 is 0. The minimum Gasteiger partial charge on any atom is -0.315 e. The smallest absolute Gasteiger partial charge is 0.156 e. The summed E-state index contributed by atoms with van der Waals surface area (Å²) >= 11 is 0. The Morgan fingerprint density at radius 2 is 2.00 bits per heavy atom. The monoisotopic (exact) mass is 164 g/mol. The van der Waals surface area contributed by atoms with E-state index in [2.05, 4.69) is 20.5 Å². The Hall–Kier alpha value is -0.900. The fourth-order valence-electron chi connectivity index (χ4n) is 1.48. The van der Waals surface area contributed by atoms with E-state index in [-0.39, 0.29) is 0 Å². The lowest BCUT2D eigenvalue weighted by molar-refractivity contribution is 0.431. The molecule has 1 aliphatic carbocycles. The third-order valence-corrected chi connectivity index (χ3v) is 2.63. The molecular formula is C8H12N4. The largest absolute Gasteiger partial charge is 0.315 e. The van der Waals surface area contributed by atoms with Gasteiger partial charge in [-0.3, -0.25) is 5.10 Å². The number of hydrogen-bond acceptors (Lipinski definition) is 3. The van der Waals surface area contributed by atoms with Crippen LogP contribution >= 0.6 is 0 Å². The van der Waals surface area contributed by atoms with E-state index in [1.54, 1.807) is 0 Å². The van der Waals surface area contributed by atoms with E-state index < -0.39 is 0 Å². The fourth-order valence-corrected chi connectivity index (χ4v) is 1.48. The van der Waals surface area contributed by atoms with Gasteiger partial charge in [-0.2, -0.15) is 5.10 Å². The van der Waals surface area contributed by atoms with Gasteiger partial charge in [0.15, 0.2) is 5.82 Å². The zero-order valence-corrected chi connectivity index (χ0v) is 6.88. The first-order valence-electron chi connectivity index (χ1n) is 4.56. The second-order valence-electron chi connectivity index (χ2n) is 3.71. The highest BCUT2D eigenvalue weighted by Gasteiger charge is 2.29. The van der Waals surface area contributed by atoms with E-state index in [1.165, 1.54) is 12.8 Å². The van der Waals surface area contributed by atoms with Crippen molar-refractivity contribution in [2.45, 2.75) is 24.7 Å². The lowest BCUT2D eigenvalue weighted by Crippen LogP contribution is -2.40. The van der Waals surface area contributed by atoms with Crippen molar-refractivity contribution in [2.75, 3.05) is 13.1 Å². The Bertz CT molecular complexity index is 285. The predicted octanol–water partition coefficient (Wildman–Crippen LogP) is 0.369. The van der Waals surface area contributed by atoms with Crippen LogP contribution in [0.2, 0.25) is 0 Å². The van der Waals surface area contributed by atoms with E-state index in [9.17, 15) is 0 Å². The van der Waals surface area contributed by atoms with Gasteiger partial charge < -0.3 is 5.32 Å². The Kier molecular flexibility index (Phi) is 1.26. The average molecular weight is 164 g/mol. The van der Waals surface area contributed by atoms with E-state index in [0.29, 0.717) is 11.8 Å². The van der Waals surface area contributed by atoms with Crippen LogP contribution in [0.25, 0.3) is 0 Å². The lowest BCUT2D eigenvalue weighted by atomic mass is 10.0. The van der Waals surface area contributed by atoms with Gasteiger partial charge in [0.05, 0.1) is 0 Å². The van der Waals surface area contributed by atoms with Crippen LogP contribution in [0.3, 0.4) is 0 Å². The van der Waals surface area contributed by atoms with Gasteiger partial charge in [-0.1, -0.05) is 0 Å². The summed E-state index contributed by atoms with van der Waals surface area (Å²) in [6.45, 7) is 2.09. The van der Waals surface area contributed by atoms with E-state index in [0.717, 1.165) is 24.7 Å². The zero-order valence-electron chi connectivity index (χ0n) is 6.88. The third kappa shape index (κ3) is 0.948. The van der Waals surface area contributed by atoms with E-state index >= 15 is 0 Å². The van der Waals surface area contributed by atoms with Crippen LogP contribution in [0.1, 0.15) is 36.3 Å². The number of aromatic amines is 1. The van der Waals surface area contributed by atoms with Crippen LogP contribution in [0, 0.1) is 0 Å². The minimum absolute atomic E-state index is 0.564. The molecule has 2 fully saturated rings. The number of nitrogens with one attached hydrogen (secondary N) is 2. The number of H-pyrrole nitrogens is 1. The molecule has 4 nitrogen and oxygen atoms in total. The normalized spacial score (nSPS) is 24.0. The van der Waals surface area contributed by atoms with Crippen LogP contribution < -0.4 is 5.32 Å². The van der Waals surface area contributed by atoms with Crippen molar-refractivity contribution in [3.63, 3.8) is 0 Å². The standard InChI is InChI=1S/C8H12N4/c1-2-5(1)7-10-8(12-11-7)6-3-9-4-6/h5-6,9H,1-4H2,(H,10,11,12). The Labute approximate surface area is 70.8 Å². The number of nitrogens with zero attached hydrogens (tertiary/aromatic N) is 2. The zero-order chi connectivity index (χ0) is 7.97. The maximum absolute atomic E-state index is 4.49. The van der Waals surface area contributed by atoms with Gasteiger partial charge in [-0.05, 0) is 12.8 Å². The molecule has 4 heteroatoms. The quantitative estimate of drug-likeness (QED) is 0.664. The highest BCUT2D eigenvalue weighted by molar-refractivity contribution is 5.09. The molecule has 0 unspecified atom stereocenters. The summed E-state index contributed by atoms with van der Waals surface area (Å²) in [4.78, 5) is 4.49. The van der Waals surface area contributed by atoms with Crippen LogP contribution in [0.5, 0.6) is 0 Å². The van der Waals surface area contributed by atoms with Crippen molar-refractivity contribution in [2.24, 2.45) is 0 Å².